The molecule has 0 rings (SSSR count). The third-order valence-electron chi connectivity index (χ3n) is 1.49. The van der Waals surface area contributed by atoms with E-state index in [2.05, 4.69) is 4.74 Å². The van der Waals surface area contributed by atoms with Crippen molar-refractivity contribution in [3.05, 3.63) is 0 Å². The van der Waals surface area contributed by atoms with Crippen molar-refractivity contribution >= 4 is 17.9 Å². The summed E-state index contributed by atoms with van der Waals surface area (Å²) >= 11 is 0. The summed E-state index contributed by atoms with van der Waals surface area (Å²) < 4.78 is 4.26. The summed E-state index contributed by atoms with van der Waals surface area (Å²) in [6.07, 6.45) is 0.0427. The van der Waals surface area contributed by atoms with E-state index < -0.39 is 23.8 Å². The molecule has 0 aliphatic rings. The average molecular weight is 188 g/mol. The predicted molar refractivity (Wildman–Crippen MR) is 42.8 cm³/mol. The predicted octanol–water partition coefficient (Wildman–Crippen LogP) is 0.577. The second kappa shape index (κ2) is 5.29. The summed E-state index contributed by atoms with van der Waals surface area (Å²) in [6.45, 7) is 2.76. The number of carboxylic acids is 1. The molecule has 5 heteroatoms. The van der Waals surface area contributed by atoms with Gasteiger partial charge in [0.25, 0.3) is 0 Å². The molecule has 74 valence electrons. The van der Waals surface area contributed by atoms with Crippen molar-refractivity contribution in [3.63, 3.8) is 0 Å². The maximum absolute atomic E-state index is 11.0. The lowest BCUT2D eigenvalue weighted by atomic mass is 10.0. The highest BCUT2D eigenvalue weighted by atomic mass is 16.6. The van der Waals surface area contributed by atoms with Gasteiger partial charge >= 0.3 is 17.9 Å². The van der Waals surface area contributed by atoms with Crippen LogP contribution >= 0.6 is 0 Å². The van der Waals surface area contributed by atoms with Crippen LogP contribution in [0.1, 0.15) is 26.7 Å². The molecular weight excluding hydrogens is 176 g/mol. The molecule has 0 fully saturated rings. The Hall–Kier alpha value is -1.39. The van der Waals surface area contributed by atoms with Crippen LogP contribution in [0.3, 0.4) is 0 Å². The van der Waals surface area contributed by atoms with Gasteiger partial charge in [0.05, 0.1) is 12.3 Å². The molecule has 0 spiro atoms. The van der Waals surface area contributed by atoms with Crippen LogP contribution in [0, 0.1) is 5.92 Å². The van der Waals surface area contributed by atoms with Crippen molar-refractivity contribution in [1.29, 1.82) is 0 Å². The van der Waals surface area contributed by atoms with Crippen LogP contribution in [-0.2, 0) is 19.1 Å². The number of ether oxygens (including phenoxy) is 1. The minimum atomic E-state index is -1.08. The molecule has 1 atom stereocenters. The smallest absolute Gasteiger partial charge is 0.317 e. The molecule has 0 aromatic heterocycles. The molecule has 1 N–H and O–H groups in total. The molecule has 0 heterocycles. The Morgan fingerprint density at radius 1 is 1.38 bits per heavy atom. The van der Waals surface area contributed by atoms with Crippen LogP contribution < -0.4 is 0 Å². The van der Waals surface area contributed by atoms with Crippen LogP contribution in [0.4, 0.5) is 0 Å². The Morgan fingerprint density at radius 3 is 2.23 bits per heavy atom. The topological polar surface area (TPSA) is 80.7 Å². The number of carboxylic acid groups (broad SMARTS) is 1. The third-order valence-corrected chi connectivity index (χ3v) is 1.49. The highest BCUT2D eigenvalue weighted by Gasteiger charge is 2.22. The van der Waals surface area contributed by atoms with Gasteiger partial charge in [0, 0.05) is 6.92 Å². The first-order chi connectivity index (χ1) is 5.97. The van der Waals surface area contributed by atoms with E-state index in [4.69, 9.17) is 5.11 Å². The molecule has 0 aliphatic carbocycles. The molecule has 0 saturated carbocycles. The first kappa shape index (κ1) is 11.6. The van der Waals surface area contributed by atoms with Crippen molar-refractivity contribution in [2.45, 2.75) is 26.7 Å². The van der Waals surface area contributed by atoms with Gasteiger partial charge in [-0.1, -0.05) is 6.92 Å². The number of rotatable bonds is 4. The summed E-state index contributed by atoms with van der Waals surface area (Å²) in [5, 5.41) is 8.41. The zero-order valence-electron chi connectivity index (χ0n) is 7.57. The van der Waals surface area contributed by atoms with E-state index in [0.29, 0.717) is 6.42 Å². The fraction of sp³-hybridized carbons (Fsp3) is 0.625. The molecule has 13 heavy (non-hydrogen) atoms. The highest BCUT2D eigenvalue weighted by molar-refractivity contribution is 5.87. The van der Waals surface area contributed by atoms with Crippen LogP contribution in [0.2, 0.25) is 0 Å². The molecule has 0 saturated heterocycles. The molecule has 0 aliphatic heterocycles. The van der Waals surface area contributed by atoms with E-state index >= 15 is 0 Å². The van der Waals surface area contributed by atoms with Gasteiger partial charge in [-0.3, -0.25) is 14.4 Å². The standard InChI is InChI=1S/C8H12O5/c1-3-6(4-7(10)11)8(12)13-5(2)9/h6H,3-4H2,1-2H3,(H,10,11). The van der Waals surface area contributed by atoms with Crippen molar-refractivity contribution < 1.29 is 24.2 Å². The van der Waals surface area contributed by atoms with Gasteiger partial charge in [-0.2, -0.15) is 0 Å². The lowest BCUT2D eigenvalue weighted by Gasteiger charge is -2.08. The second-order valence-corrected chi connectivity index (χ2v) is 2.62. The molecule has 1 unspecified atom stereocenters. The Labute approximate surface area is 75.7 Å². The Kier molecular flexibility index (Phi) is 4.72. The quantitative estimate of drug-likeness (QED) is 0.515. The number of carbonyl (C=O) groups is 3. The molecule has 0 radical (unpaired) electrons. The van der Waals surface area contributed by atoms with Crippen molar-refractivity contribution in [1.82, 2.24) is 0 Å². The number of aliphatic carboxylic acids is 1. The Balaban J connectivity index is 4.15. The number of esters is 2. The fourth-order valence-corrected chi connectivity index (χ4v) is 0.830. The zero-order valence-corrected chi connectivity index (χ0v) is 7.57. The zero-order chi connectivity index (χ0) is 10.4. The van der Waals surface area contributed by atoms with E-state index in [0.717, 1.165) is 6.92 Å². The summed E-state index contributed by atoms with van der Waals surface area (Å²) in [6, 6.07) is 0. The molecule has 0 aromatic carbocycles. The van der Waals surface area contributed by atoms with Gasteiger partial charge in [-0.05, 0) is 6.42 Å². The van der Waals surface area contributed by atoms with Crippen molar-refractivity contribution in [2.75, 3.05) is 0 Å². The third kappa shape index (κ3) is 4.95. The number of carbonyl (C=O) groups excluding carboxylic acids is 2. The maximum atomic E-state index is 11.0. The van der Waals surface area contributed by atoms with Gasteiger partial charge < -0.3 is 9.84 Å². The normalized spacial score (nSPS) is 11.8. The molecular formula is C8H12O5. The Morgan fingerprint density at radius 2 is 1.92 bits per heavy atom. The lowest BCUT2D eigenvalue weighted by molar-refractivity contribution is -0.163. The SMILES string of the molecule is CCC(CC(=O)O)C(=O)OC(C)=O. The van der Waals surface area contributed by atoms with Crippen LogP contribution in [0.15, 0.2) is 0 Å². The summed E-state index contributed by atoms with van der Waals surface area (Å²) in [5.74, 6) is -3.29. The van der Waals surface area contributed by atoms with E-state index in [1.807, 2.05) is 0 Å². The molecule has 0 bridgehead atoms. The van der Waals surface area contributed by atoms with Crippen LogP contribution in [0.5, 0.6) is 0 Å². The molecule has 5 nitrogen and oxygen atoms in total. The Bertz CT molecular complexity index is 221. The number of hydrogen-bond donors (Lipinski definition) is 1. The minimum absolute atomic E-state index is 0.303. The van der Waals surface area contributed by atoms with Gasteiger partial charge in [-0.25, -0.2) is 0 Å². The van der Waals surface area contributed by atoms with E-state index in [1.54, 1.807) is 6.92 Å². The average Bonchev–Trinajstić information content (AvgIpc) is 1.98. The number of hydrogen-bond acceptors (Lipinski definition) is 4. The van der Waals surface area contributed by atoms with E-state index in [1.165, 1.54) is 0 Å². The van der Waals surface area contributed by atoms with Crippen molar-refractivity contribution in [3.8, 4) is 0 Å². The monoisotopic (exact) mass is 188 g/mol. The summed E-state index contributed by atoms with van der Waals surface area (Å²) in [5.41, 5.74) is 0. The lowest BCUT2D eigenvalue weighted by Crippen LogP contribution is -2.22. The van der Waals surface area contributed by atoms with Gasteiger partial charge in [-0.15, -0.1) is 0 Å². The highest BCUT2D eigenvalue weighted by Crippen LogP contribution is 2.10. The first-order valence-electron chi connectivity index (χ1n) is 3.91. The maximum Gasteiger partial charge on any atom is 0.317 e. The van der Waals surface area contributed by atoms with Crippen LogP contribution in [-0.4, -0.2) is 23.0 Å². The molecule has 0 aromatic rings. The van der Waals surface area contributed by atoms with Gasteiger partial charge in [0.2, 0.25) is 0 Å². The van der Waals surface area contributed by atoms with Gasteiger partial charge in [0.1, 0.15) is 0 Å². The first-order valence-corrected chi connectivity index (χ1v) is 3.91. The fourth-order valence-electron chi connectivity index (χ4n) is 0.830. The van der Waals surface area contributed by atoms with Gasteiger partial charge in [0.15, 0.2) is 0 Å². The second-order valence-electron chi connectivity index (χ2n) is 2.62. The minimum Gasteiger partial charge on any atom is -0.481 e. The van der Waals surface area contributed by atoms with E-state index in [9.17, 15) is 14.4 Å². The summed E-state index contributed by atoms with van der Waals surface area (Å²) in [4.78, 5) is 31.6. The van der Waals surface area contributed by atoms with Crippen molar-refractivity contribution in [2.24, 2.45) is 5.92 Å². The summed E-state index contributed by atoms with van der Waals surface area (Å²) in [7, 11) is 0. The van der Waals surface area contributed by atoms with Crippen LogP contribution in [0.25, 0.3) is 0 Å². The largest absolute Gasteiger partial charge is 0.481 e. The molecule has 0 amide bonds. The van der Waals surface area contributed by atoms with E-state index in [-0.39, 0.29) is 6.42 Å².